The number of benzene rings is 1. The van der Waals surface area contributed by atoms with Crippen LogP contribution in [0.2, 0.25) is 0 Å². The van der Waals surface area contributed by atoms with Crippen molar-refractivity contribution in [2.24, 2.45) is 5.73 Å². The second-order valence-electron chi connectivity index (χ2n) is 6.43. The number of piperidine rings is 1. The maximum absolute atomic E-state index is 6.12. The number of nitrogens with two attached hydrogens (primary N) is 1. The fourth-order valence-corrected chi connectivity index (χ4v) is 3.20. The SMILES string of the molecule is Cc1ccc(C)c(OCCCN2CCCCC2C(C)N)c1. The minimum absolute atomic E-state index is 0.269. The summed E-state index contributed by atoms with van der Waals surface area (Å²) in [5.74, 6) is 1.03. The van der Waals surface area contributed by atoms with Crippen LogP contribution in [0.5, 0.6) is 5.75 Å². The number of hydrogen-bond acceptors (Lipinski definition) is 3. The number of rotatable bonds is 6. The molecule has 0 spiro atoms. The Morgan fingerprint density at radius 2 is 2.14 bits per heavy atom. The van der Waals surface area contributed by atoms with Crippen molar-refractivity contribution < 1.29 is 4.74 Å². The van der Waals surface area contributed by atoms with Crippen LogP contribution in [0, 0.1) is 13.8 Å². The van der Waals surface area contributed by atoms with Gasteiger partial charge in [0.05, 0.1) is 6.61 Å². The molecule has 2 rings (SSSR count). The maximum Gasteiger partial charge on any atom is 0.122 e. The lowest BCUT2D eigenvalue weighted by atomic mass is 9.97. The first-order valence-electron chi connectivity index (χ1n) is 8.27. The van der Waals surface area contributed by atoms with E-state index in [9.17, 15) is 0 Å². The second-order valence-corrected chi connectivity index (χ2v) is 6.43. The number of aryl methyl sites for hydroxylation is 2. The zero-order chi connectivity index (χ0) is 15.2. The summed E-state index contributed by atoms with van der Waals surface area (Å²) in [4.78, 5) is 2.56. The van der Waals surface area contributed by atoms with Gasteiger partial charge in [0.1, 0.15) is 5.75 Å². The van der Waals surface area contributed by atoms with Gasteiger partial charge in [0.15, 0.2) is 0 Å². The third kappa shape index (κ3) is 4.72. The van der Waals surface area contributed by atoms with E-state index in [1.807, 2.05) is 0 Å². The summed E-state index contributed by atoms with van der Waals surface area (Å²) < 4.78 is 5.95. The molecule has 0 amide bonds. The number of ether oxygens (including phenoxy) is 1. The first-order chi connectivity index (χ1) is 10.1. The van der Waals surface area contributed by atoms with E-state index in [-0.39, 0.29) is 6.04 Å². The van der Waals surface area contributed by atoms with Crippen molar-refractivity contribution in [3.05, 3.63) is 29.3 Å². The van der Waals surface area contributed by atoms with Crippen LogP contribution in [-0.2, 0) is 0 Å². The van der Waals surface area contributed by atoms with Crippen molar-refractivity contribution in [3.8, 4) is 5.75 Å². The Balaban J connectivity index is 1.77. The van der Waals surface area contributed by atoms with E-state index in [1.54, 1.807) is 0 Å². The normalized spacial score (nSPS) is 21.2. The summed E-state index contributed by atoms with van der Waals surface area (Å²) in [5.41, 5.74) is 8.58. The van der Waals surface area contributed by atoms with Crippen molar-refractivity contribution in [2.45, 2.75) is 58.5 Å². The monoisotopic (exact) mass is 290 g/mol. The Kier molecular flexibility index (Phi) is 6.07. The summed E-state index contributed by atoms with van der Waals surface area (Å²) >= 11 is 0. The highest BCUT2D eigenvalue weighted by Gasteiger charge is 2.24. The molecule has 1 heterocycles. The van der Waals surface area contributed by atoms with Crippen LogP contribution < -0.4 is 10.5 Å². The van der Waals surface area contributed by atoms with Crippen LogP contribution in [0.1, 0.15) is 43.7 Å². The van der Waals surface area contributed by atoms with Gasteiger partial charge in [-0.2, -0.15) is 0 Å². The quantitative estimate of drug-likeness (QED) is 0.817. The molecule has 0 aliphatic carbocycles. The molecular weight excluding hydrogens is 260 g/mol. The first-order valence-corrected chi connectivity index (χ1v) is 8.27. The molecule has 1 saturated heterocycles. The third-order valence-corrected chi connectivity index (χ3v) is 4.46. The summed E-state index contributed by atoms with van der Waals surface area (Å²) in [5, 5.41) is 0. The van der Waals surface area contributed by atoms with E-state index >= 15 is 0 Å². The van der Waals surface area contributed by atoms with Gasteiger partial charge in [0, 0.05) is 18.6 Å². The molecule has 118 valence electrons. The van der Waals surface area contributed by atoms with Crippen LogP contribution in [-0.4, -0.2) is 36.7 Å². The molecule has 3 heteroatoms. The van der Waals surface area contributed by atoms with Gasteiger partial charge in [-0.1, -0.05) is 18.6 Å². The smallest absolute Gasteiger partial charge is 0.122 e. The van der Waals surface area contributed by atoms with Gasteiger partial charge in [-0.3, -0.25) is 4.90 Å². The lowest BCUT2D eigenvalue weighted by molar-refractivity contribution is 0.122. The van der Waals surface area contributed by atoms with Crippen LogP contribution in [0.3, 0.4) is 0 Å². The molecule has 21 heavy (non-hydrogen) atoms. The van der Waals surface area contributed by atoms with E-state index in [0.717, 1.165) is 25.3 Å². The van der Waals surface area contributed by atoms with Gasteiger partial charge in [0.25, 0.3) is 0 Å². The third-order valence-electron chi connectivity index (χ3n) is 4.46. The molecule has 3 nitrogen and oxygen atoms in total. The molecule has 1 aromatic carbocycles. The average Bonchev–Trinajstić information content (AvgIpc) is 2.47. The van der Waals surface area contributed by atoms with Gasteiger partial charge in [-0.15, -0.1) is 0 Å². The van der Waals surface area contributed by atoms with Crippen LogP contribution in [0.25, 0.3) is 0 Å². The molecular formula is C18H30N2O. The molecule has 2 unspecified atom stereocenters. The zero-order valence-corrected chi connectivity index (χ0v) is 13.8. The highest BCUT2D eigenvalue weighted by molar-refractivity contribution is 5.35. The Bertz CT molecular complexity index is 445. The minimum Gasteiger partial charge on any atom is -0.493 e. The van der Waals surface area contributed by atoms with Gasteiger partial charge in [-0.25, -0.2) is 0 Å². The lowest BCUT2D eigenvalue weighted by Crippen LogP contribution is -2.49. The number of nitrogens with zero attached hydrogens (tertiary/aromatic N) is 1. The van der Waals surface area contributed by atoms with Crippen LogP contribution >= 0.6 is 0 Å². The predicted molar refractivity (Wildman–Crippen MR) is 88.9 cm³/mol. The molecule has 2 N–H and O–H groups in total. The fraction of sp³-hybridized carbons (Fsp3) is 0.667. The molecule has 0 bridgehead atoms. The van der Waals surface area contributed by atoms with E-state index in [0.29, 0.717) is 6.04 Å². The summed E-state index contributed by atoms with van der Waals surface area (Å²) in [6.07, 6.45) is 4.94. The maximum atomic E-state index is 6.12. The van der Waals surface area contributed by atoms with Crippen molar-refractivity contribution in [1.82, 2.24) is 4.90 Å². The molecule has 1 aliphatic rings. The van der Waals surface area contributed by atoms with E-state index in [2.05, 4.69) is 43.9 Å². The molecule has 0 saturated carbocycles. The zero-order valence-electron chi connectivity index (χ0n) is 13.8. The lowest BCUT2D eigenvalue weighted by Gasteiger charge is -2.38. The fourth-order valence-electron chi connectivity index (χ4n) is 3.20. The van der Waals surface area contributed by atoms with Crippen molar-refractivity contribution in [2.75, 3.05) is 19.7 Å². The highest BCUT2D eigenvalue weighted by atomic mass is 16.5. The summed E-state index contributed by atoms with van der Waals surface area (Å²) in [7, 11) is 0. The van der Waals surface area contributed by atoms with Crippen molar-refractivity contribution in [3.63, 3.8) is 0 Å². The Labute approximate surface area is 129 Å². The van der Waals surface area contributed by atoms with Gasteiger partial charge in [0.2, 0.25) is 0 Å². The number of likely N-dealkylation sites (tertiary alicyclic amines) is 1. The molecule has 1 aromatic rings. The Morgan fingerprint density at radius 3 is 2.90 bits per heavy atom. The van der Waals surface area contributed by atoms with E-state index in [1.165, 1.54) is 36.9 Å². The van der Waals surface area contributed by atoms with Crippen molar-refractivity contribution >= 4 is 0 Å². The first kappa shape index (κ1) is 16.3. The minimum atomic E-state index is 0.269. The Hall–Kier alpha value is -1.06. The van der Waals surface area contributed by atoms with Crippen molar-refractivity contribution in [1.29, 1.82) is 0 Å². The average molecular weight is 290 g/mol. The topological polar surface area (TPSA) is 38.5 Å². The second kappa shape index (κ2) is 7.81. The molecule has 0 aromatic heterocycles. The summed E-state index contributed by atoms with van der Waals surface area (Å²) in [6, 6.07) is 7.20. The highest BCUT2D eigenvalue weighted by Crippen LogP contribution is 2.21. The molecule has 1 aliphatic heterocycles. The van der Waals surface area contributed by atoms with Gasteiger partial charge >= 0.3 is 0 Å². The van der Waals surface area contributed by atoms with E-state index in [4.69, 9.17) is 10.5 Å². The molecule has 1 fully saturated rings. The number of hydrogen-bond donors (Lipinski definition) is 1. The predicted octanol–water partition coefficient (Wildman–Crippen LogP) is 3.27. The van der Waals surface area contributed by atoms with Gasteiger partial charge in [-0.05, 0) is 63.8 Å². The molecule has 2 atom stereocenters. The molecule has 0 radical (unpaired) electrons. The van der Waals surface area contributed by atoms with Crippen LogP contribution in [0.4, 0.5) is 0 Å². The van der Waals surface area contributed by atoms with Crippen LogP contribution in [0.15, 0.2) is 18.2 Å². The Morgan fingerprint density at radius 1 is 1.33 bits per heavy atom. The largest absolute Gasteiger partial charge is 0.493 e. The van der Waals surface area contributed by atoms with Gasteiger partial charge < -0.3 is 10.5 Å². The summed E-state index contributed by atoms with van der Waals surface area (Å²) in [6.45, 7) is 9.41. The standard InChI is InChI=1S/C18H30N2O/c1-14-8-9-15(2)18(13-14)21-12-6-11-20-10-5-4-7-17(20)16(3)19/h8-9,13,16-17H,4-7,10-12,19H2,1-3H3. The van der Waals surface area contributed by atoms with E-state index < -0.39 is 0 Å².